The van der Waals surface area contributed by atoms with Gasteiger partial charge in [0.25, 0.3) is 0 Å². The molecule has 1 aromatic heterocycles. The number of aromatic nitrogens is 2. The number of benzene rings is 1. The lowest BCUT2D eigenvalue weighted by Gasteiger charge is -2.28. The van der Waals surface area contributed by atoms with Gasteiger partial charge in [-0.15, -0.1) is 0 Å². The molecular formula is C24H32FN5O3. The molecule has 0 saturated heterocycles. The molecule has 3 rings (SSSR count). The molecule has 0 saturated carbocycles. The van der Waals surface area contributed by atoms with E-state index in [1.807, 2.05) is 32.4 Å². The second-order valence-electron chi connectivity index (χ2n) is 9.73. The predicted octanol–water partition coefficient (Wildman–Crippen LogP) is 2.60. The first-order chi connectivity index (χ1) is 15.4. The molecule has 3 N–H and O–H groups in total. The molecule has 9 heteroatoms. The van der Waals surface area contributed by atoms with Crippen LogP contribution in [-0.2, 0) is 17.9 Å². The largest absolute Gasteiger partial charge is 0.366 e. The van der Waals surface area contributed by atoms with E-state index in [-0.39, 0.29) is 29.4 Å². The van der Waals surface area contributed by atoms with Crippen LogP contribution in [0.15, 0.2) is 18.2 Å². The van der Waals surface area contributed by atoms with E-state index in [1.165, 1.54) is 12.1 Å². The van der Waals surface area contributed by atoms with E-state index in [0.717, 1.165) is 24.7 Å². The van der Waals surface area contributed by atoms with Gasteiger partial charge in [0.2, 0.25) is 11.8 Å². The van der Waals surface area contributed by atoms with Crippen LogP contribution in [0.5, 0.6) is 0 Å². The summed E-state index contributed by atoms with van der Waals surface area (Å²) < 4.78 is 16.2. The predicted molar refractivity (Wildman–Crippen MR) is 123 cm³/mol. The van der Waals surface area contributed by atoms with E-state index in [2.05, 4.69) is 15.2 Å². The van der Waals surface area contributed by atoms with Crippen molar-refractivity contribution >= 4 is 17.6 Å². The van der Waals surface area contributed by atoms with Gasteiger partial charge < -0.3 is 20.5 Å². The molecule has 0 fully saturated rings. The number of carbonyl (C=O) groups excluding carboxylic acids is 3. The average Bonchev–Trinajstić information content (AvgIpc) is 2.96. The van der Waals surface area contributed by atoms with Gasteiger partial charge in [0, 0.05) is 37.7 Å². The van der Waals surface area contributed by atoms with Gasteiger partial charge in [-0.1, -0.05) is 20.8 Å². The van der Waals surface area contributed by atoms with Crippen LogP contribution in [0.3, 0.4) is 0 Å². The molecule has 2 amide bonds. The van der Waals surface area contributed by atoms with Gasteiger partial charge >= 0.3 is 0 Å². The maximum absolute atomic E-state index is 14.3. The summed E-state index contributed by atoms with van der Waals surface area (Å²) in [5.41, 5.74) is 6.37. The SMILES string of the molecule is CNC(=O)[C@@H](CC(=O)c1nc(-c2cc(F)cc(C(N)=O)c2)n2c1CN(C)CCC2)C(C)(C)C. The van der Waals surface area contributed by atoms with Gasteiger partial charge in [-0.2, -0.15) is 0 Å². The molecule has 1 aromatic carbocycles. The molecule has 1 aliphatic rings. The van der Waals surface area contributed by atoms with Crippen molar-refractivity contribution in [2.24, 2.45) is 17.1 Å². The number of hydrogen-bond acceptors (Lipinski definition) is 5. The van der Waals surface area contributed by atoms with Gasteiger partial charge in [0.1, 0.15) is 17.3 Å². The standard InChI is InChI=1S/C24H32FN5O3/c1-24(2,3)17(23(33)27-4)12-19(31)20-18-13-29(5)7-6-8-30(18)22(28-20)15-9-14(21(26)32)10-16(25)11-15/h9-11,17H,6-8,12-13H2,1-5H3,(H2,26,32)(H,27,33)/t17-/m1/s1. The summed E-state index contributed by atoms with van der Waals surface area (Å²) in [5.74, 6) is -1.91. The molecule has 0 spiro atoms. The Labute approximate surface area is 193 Å². The summed E-state index contributed by atoms with van der Waals surface area (Å²) in [4.78, 5) is 44.4. The number of fused-ring (bicyclic) bond motifs is 1. The molecule has 0 aliphatic carbocycles. The van der Waals surface area contributed by atoms with Crippen molar-refractivity contribution in [2.75, 3.05) is 20.6 Å². The number of halogens is 1. The van der Waals surface area contributed by atoms with Crippen LogP contribution in [0.25, 0.3) is 11.4 Å². The van der Waals surface area contributed by atoms with Crippen LogP contribution >= 0.6 is 0 Å². The average molecular weight is 458 g/mol. The molecule has 178 valence electrons. The number of primary amides is 1. The number of carbonyl (C=O) groups is 3. The Balaban J connectivity index is 2.12. The molecule has 0 unspecified atom stereocenters. The van der Waals surface area contributed by atoms with Crippen molar-refractivity contribution < 1.29 is 18.8 Å². The molecule has 2 aromatic rings. The zero-order valence-electron chi connectivity index (χ0n) is 19.9. The number of imidazole rings is 1. The Hall–Kier alpha value is -3.07. The molecule has 33 heavy (non-hydrogen) atoms. The van der Waals surface area contributed by atoms with E-state index < -0.39 is 23.1 Å². The lowest BCUT2D eigenvalue weighted by atomic mass is 9.77. The van der Waals surface area contributed by atoms with Crippen molar-refractivity contribution in [3.8, 4) is 11.4 Å². The Bertz CT molecular complexity index is 1090. The number of nitrogens with one attached hydrogen (secondary N) is 1. The molecular weight excluding hydrogens is 425 g/mol. The number of Topliss-reactive ketones (excluding diaryl/α,β-unsaturated/α-hetero) is 1. The third-order valence-corrected chi connectivity index (χ3v) is 6.12. The number of nitrogens with zero attached hydrogens (tertiary/aromatic N) is 3. The maximum Gasteiger partial charge on any atom is 0.248 e. The van der Waals surface area contributed by atoms with Crippen molar-refractivity contribution in [1.29, 1.82) is 0 Å². The highest BCUT2D eigenvalue weighted by atomic mass is 19.1. The quantitative estimate of drug-likeness (QED) is 0.648. The van der Waals surface area contributed by atoms with Gasteiger partial charge in [0.15, 0.2) is 5.78 Å². The molecule has 8 nitrogen and oxygen atoms in total. The van der Waals surface area contributed by atoms with Crippen LogP contribution in [0.2, 0.25) is 0 Å². The zero-order valence-corrected chi connectivity index (χ0v) is 19.9. The summed E-state index contributed by atoms with van der Waals surface area (Å²) in [6.45, 7) is 7.68. The van der Waals surface area contributed by atoms with Crippen molar-refractivity contribution in [1.82, 2.24) is 19.8 Å². The van der Waals surface area contributed by atoms with E-state index >= 15 is 0 Å². The van der Waals surface area contributed by atoms with Gasteiger partial charge in [-0.05, 0) is 43.6 Å². The first-order valence-electron chi connectivity index (χ1n) is 11.1. The molecule has 1 aliphatic heterocycles. The second kappa shape index (κ2) is 9.43. The molecule has 0 bridgehead atoms. The smallest absolute Gasteiger partial charge is 0.248 e. The first-order valence-corrected chi connectivity index (χ1v) is 11.1. The Morgan fingerprint density at radius 1 is 1.21 bits per heavy atom. The zero-order chi connectivity index (χ0) is 24.5. The number of rotatable bonds is 6. The Morgan fingerprint density at radius 3 is 2.52 bits per heavy atom. The fourth-order valence-electron chi connectivity index (χ4n) is 4.27. The summed E-state index contributed by atoms with van der Waals surface area (Å²) in [6, 6.07) is 3.86. The van der Waals surface area contributed by atoms with E-state index in [0.29, 0.717) is 24.5 Å². The highest BCUT2D eigenvalue weighted by molar-refractivity contribution is 5.99. The van der Waals surface area contributed by atoms with Crippen LogP contribution in [0.1, 0.15) is 60.2 Å². The summed E-state index contributed by atoms with van der Waals surface area (Å²) >= 11 is 0. The first kappa shape index (κ1) is 24.6. The minimum atomic E-state index is -0.743. The van der Waals surface area contributed by atoms with Crippen LogP contribution in [-0.4, -0.2) is 52.7 Å². The van der Waals surface area contributed by atoms with E-state index in [4.69, 9.17) is 5.73 Å². The topological polar surface area (TPSA) is 110 Å². The number of hydrogen-bond donors (Lipinski definition) is 2. The fraction of sp³-hybridized carbons (Fsp3) is 0.500. The normalized spacial score (nSPS) is 15.5. The van der Waals surface area contributed by atoms with Crippen LogP contribution in [0, 0.1) is 17.2 Å². The highest BCUT2D eigenvalue weighted by Gasteiger charge is 2.35. The second-order valence-corrected chi connectivity index (χ2v) is 9.73. The van der Waals surface area contributed by atoms with Gasteiger partial charge in [-0.25, -0.2) is 9.37 Å². The number of amides is 2. The minimum absolute atomic E-state index is 0.00598. The van der Waals surface area contributed by atoms with Gasteiger partial charge in [-0.3, -0.25) is 14.4 Å². The third-order valence-electron chi connectivity index (χ3n) is 6.12. The van der Waals surface area contributed by atoms with Crippen LogP contribution < -0.4 is 11.1 Å². The lowest BCUT2D eigenvalue weighted by Crippen LogP contribution is -2.37. The molecule has 2 heterocycles. The number of ketones is 1. The monoisotopic (exact) mass is 457 g/mol. The summed E-state index contributed by atoms with van der Waals surface area (Å²) in [6.07, 6.45) is 0.827. The Morgan fingerprint density at radius 2 is 1.91 bits per heavy atom. The summed E-state index contributed by atoms with van der Waals surface area (Å²) in [7, 11) is 3.52. The molecule has 1 atom stereocenters. The van der Waals surface area contributed by atoms with Crippen molar-refractivity contribution in [3.63, 3.8) is 0 Å². The number of nitrogens with two attached hydrogens (primary N) is 1. The Kier molecular flexibility index (Phi) is 7.02. The van der Waals surface area contributed by atoms with Crippen molar-refractivity contribution in [2.45, 2.75) is 46.7 Å². The fourth-order valence-corrected chi connectivity index (χ4v) is 4.27. The minimum Gasteiger partial charge on any atom is -0.366 e. The van der Waals surface area contributed by atoms with Crippen molar-refractivity contribution in [3.05, 3.63) is 41.0 Å². The highest BCUT2D eigenvalue weighted by Crippen LogP contribution is 2.33. The van der Waals surface area contributed by atoms with Crippen LogP contribution in [0.4, 0.5) is 4.39 Å². The molecule has 0 radical (unpaired) electrons. The third kappa shape index (κ3) is 5.30. The van der Waals surface area contributed by atoms with E-state index in [1.54, 1.807) is 7.05 Å². The lowest BCUT2D eigenvalue weighted by molar-refractivity contribution is -0.127. The van der Waals surface area contributed by atoms with Gasteiger partial charge in [0.05, 0.1) is 11.6 Å². The summed E-state index contributed by atoms with van der Waals surface area (Å²) in [5, 5.41) is 2.65. The van der Waals surface area contributed by atoms with E-state index in [9.17, 15) is 18.8 Å². The maximum atomic E-state index is 14.3.